The number of carbonyl (C=O) groups excluding carboxylic acids is 3. The summed E-state index contributed by atoms with van der Waals surface area (Å²) in [6, 6.07) is 21.1. The van der Waals surface area contributed by atoms with Crippen molar-refractivity contribution >= 4 is 29.2 Å². The van der Waals surface area contributed by atoms with E-state index in [0.717, 1.165) is 0 Å². The van der Waals surface area contributed by atoms with Gasteiger partial charge in [-0.05, 0) is 48.5 Å². The third-order valence-corrected chi connectivity index (χ3v) is 4.91. The molecule has 0 aliphatic carbocycles. The highest BCUT2D eigenvalue weighted by atomic mass is 16.5. The number of para-hydroxylation sites is 2. The molecule has 4 rings (SSSR count). The van der Waals surface area contributed by atoms with Gasteiger partial charge in [-0.15, -0.1) is 0 Å². The molecule has 7 heteroatoms. The van der Waals surface area contributed by atoms with Gasteiger partial charge in [-0.25, -0.2) is 4.79 Å². The molecule has 1 aliphatic heterocycles. The number of ether oxygens (including phenoxy) is 2. The van der Waals surface area contributed by atoms with E-state index in [9.17, 15) is 14.4 Å². The van der Waals surface area contributed by atoms with Gasteiger partial charge in [0.15, 0.2) is 5.75 Å². The van der Waals surface area contributed by atoms with Crippen LogP contribution >= 0.6 is 0 Å². The van der Waals surface area contributed by atoms with Crippen LogP contribution in [0.1, 0.15) is 16.8 Å². The molecule has 0 bridgehead atoms. The van der Waals surface area contributed by atoms with E-state index in [0.29, 0.717) is 22.7 Å². The van der Waals surface area contributed by atoms with Crippen molar-refractivity contribution in [3.63, 3.8) is 0 Å². The fourth-order valence-corrected chi connectivity index (χ4v) is 3.40. The van der Waals surface area contributed by atoms with E-state index in [1.54, 1.807) is 86.0 Å². The first-order valence-electron chi connectivity index (χ1n) is 9.70. The van der Waals surface area contributed by atoms with Crippen molar-refractivity contribution in [3.05, 3.63) is 84.4 Å². The van der Waals surface area contributed by atoms with Crippen LogP contribution in [-0.4, -0.2) is 30.9 Å². The molecule has 156 valence electrons. The predicted molar refractivity (Wildman–Crippen MR) is 115 cm³/mol. The highest BCUT2D eigenvalue weighted by Gasteiger charge is 2.40. The maximum absolute atomic E-state index is 13.3. The van der Waals surface area contributed by atoms with E-state index in [1.807, 2.05) is 0 Å². The number of hydrogen-bond acceptors (Lipinski definition) is 5. The normalized spacial score (nSPS) is 14.9. The molecule has 0 aromatic heterocycles. The average molecular weight is 416 g/mol. The molecule has 0 saturated heterocycles. The number of benzene rings is 3. The summed E-state index contributed by atoms with van der Waals surface area (Å²) < 4.78 is 10.5. The van der Waals surface area contributed by atoms with Gasteiger partial charge in [0, 0.05) is 11.3 Å². The Morgan fingerprint density at radius 3 is 2.35 bits per heavy atom. The number of rotatable bonds is 5. The minimum absolute atomic E-state index is 0.252. The molecular formula is C24H20N2O5. The second kappa shape index (κ2) is 8.71. The van der Waals surface area contributed by atoms with Crippen molar-refractivity contribution in [3.8, 4) is 11.5 Å². The van der Waals surface area contributed by atoms with Crippen LogP contribution in [0, 0.1) is 0 Å². The second-order valence-corrected chi connectivity index (χ2v) is 6.93. The Labute approximate surface area is 179 Å². The minimum atomic E-state index is -1.10. The summed E-state index contributed by atoms with van der Waals surface area (Å²) in [5.41, 5.74) is 1.40. The Bertz CT molecular complexity index is 1110. The number of fused-ring (bicyclic) bond motifs is 1. The number of amides is 2. The van der Waals surface area contributed by atoms with Gasteiger partial charge in [0.1, 0.15) is 11.8 Å². The van der Waals surface area contributed by atoms with E-state index in [-0.39, 0.29) is 18.1 Å². The molecule has 3 aromatic carbocycles. The molecule has 3 aromatic rings. The summed E-state index contributed by atoms with van der Waals surface area (Å²) in [7, 11) is 1.55. The van der Waals surface area contributed by atoms with Crippen LogP contribution < -0.4 is 19.7 Å². The van der Waals surface area contributed by atoms with E-state index < -0.39 is 17.9 Å². The van der Waals surface area contributed by atoms with Crippen molar-refractivity contribution in [1.29, 1.82) is 0 Å². The Hall–Kier alpha value is -4.13. The quantitative estimate of drug-likeness (QED) is 0.507. The molecule has 0 radical (unpaired) electrons. The van der Waals surface area contributed by atoms with E-state index in [4.69, 9.17) is 9.47 Å². The topological polar surface area (TPSA) is 84.9 Å². The summed E-state index contributed by atoms with van der Waals surface area (Å²) in [6.45, 7) is 0. The largest absolute Gasteiger partial charge is 0.497 e. The first-order chi connectivity index (χ1) is 15.1. The zero-order chi connectivity index (χ0) is 21.8. The summed E-state index contributed by atoms with van der Waals surface area (Å²) in [6.07, 6.45) is -0.252. The van der Waals surface area contributed by atoms with Gasteiger partial charge in [0.25, 0.3) is 5.91 Å². The Balaban J connectivity index is 1.61. The molecule has 0 saturated carbocycles. The van der Waals surface area contributed by atoms with Crippen LogP contribution in [0.4, 0.5) is 11.4 Å². The van der Waals surface area contributed by atoms with Crippen molar-refractivity contribution < 1.29 is 23.9 Å². The van der Waals surface area contributed by atoms with Gasteiger partial charge in [0.05, 0.1) is 19.2 Å². The van der Waals surface area contributed by atoms with Gasteiger partial charge < -0.3 is 14.8 Å². The maximum atomic E-state index is 13.3. The van der Waals surface area contributed by atoms with Gasteiger partial charge in [0.2, 0.25) is 5.91 Å². The molecule has 7 nitrogen and oxygen atoms in total. The monoisotopic (exact) mass is 416 g/mol. The number of nitrogens with zero attached hydrogens (tertiary/aromatic N) is 1. The Morgan fingerprint density at radius 1 is 0.968 bits per heavy atom. The molecule has 1 N–H and O–H groups in total. The second-order valence-electron chi connectivity index (χ2n) is 6.93. The number of anilines is 2. The molecule has 0 spiro atoms. The summed E-state index contributed by atoms with van der Waals surface area (Å²) in [4.78, 5) is 40.1. The van der Waals surface area contributed by atoms with Gasteiger partial charge in [-0.2, -0.15) is 0 Å². The number of hydrogen-bond donors (Lipinski definition) is 1. The molecule has 1 heterocycles. The highest BCUT2D eigenvalue weighted by Crippen LogP contribution is 2.36. The van der Waals surface area contributed by atoms with Crippen molar-refractivity contribution in [1.82, 2.24) is 0 Å². The van der Waals surface area contributed by atoms with Crippen LogP contribution in [0.2, 0.25) is 0 Å². The van der Waals surface area contributed by atoms with Crippen LogP contribution in [0.15, 0.2) is 78.9 Å². The molecule has 2 amide bonds. The zero-order valence-corrected chi connectivity index (χ0v) is 16.8. The Kier molecular flexibility index (Phi) is 5.66. The summed E-state index contributed by atoms with van der Waals surface area (Å²) >= 11 is 0. The molecule has 1 atom stereocenters. The fourth-order valence-electron chi connectivity index (χ4n) is 3.40. The molecule has 0 unspecified atom stereocenters. The number of nitrogens with one attached hydrogen (secondary N) is 1. The van der Waals surface area contributed by atoms with Crippen molar-refractivity contribution in [2.75, 3.05) is 17.3 Å². The van der Waals surface area contributed by atoms with E-state index in [1.165, 1.54) is 4.90 Å². The lowest BCUT2D eigenvalue weighted by Crippen LogP contribution is -2.51. The zero-order valence-electron chi connectivity index (χ0n) is 16.8. The number of carbonyl (C=O) groups is 3. The molecule has 0 fully saturated rings. The third kappa shape index (κ3) is 4.25. The van der Waals surface area contributed by atoms with Crippen molar-refractivity contribution in [2.24, 2.45) is 0 Å². The van der Waals surface area contributed by atoms with Gasteiger partial charge >= 0.3 is 5.97 Å². The maximum Gasteiger partial charge on any atom is 0.335 e. The summed E-state index contributed by atoms with van der Waals surface area (Å²) in [5, 5.41) is 2.74. The fraction of sp³-hybridized carbons (Fsp3) is 0.125. The average Bonchev–Trinajstić information content (AvgIpc) is 2.80. The number of esters is 1. The van der Waals surface area contributed by atoms with E-state index >= 15 is 0 Å². The lowest BCUT2D eigenvalue weighted by molar-refractivity contribution is -0.138. The van der Waals surface area contributed by atoms with Gasteiger partial charge in [-0.1, -0.05) is 30.3 Å². The third-order valence-electron chi connectivity index (χ3n) is 4.91. The van der Waals surface area contributed by atoms with Crippen LogP contribution in [0.3, 0.4) is 0 Å². The predicted octanol–water partition coefficient (Wildman–Crippen LogP) is 3.66. The first-order valence-corrected chi connectivity index (χ1v) is 9.70. The first kappa shape index (κ1) is 20.2. The van der Waals surface area contributed by atoms with Gasteiger partial charge in [-0.3, -0.25) is 14.5 Å². The van der Waals surface area contributed by atoms with Crippen LogP contribution in [0.25, 0.3) is 0 Å². The Morgan fingerprint density at radius 2 is 1.65 bits per heavy atom. The molecule has 31 heavy (non-hydrogen) atoms. The van der Waals surface area contributed by atoms with Crippen molar-refractivity contribution in [2.45, 2.75) is 12.5 Å². The lowest BCUT2D eigenvalue weighted by Gasteiger charge is -2.35. The standard InChI is InChI=1S/C24H20N2O5/c1-30-18-13-11-17(12-14-18)25-22(27)15-20-24(29)31-21-10-6-5-9-19(21)26(20)23(28)16-7-3-2-4-8-16/h2-14,20H,15H2,1H3,(H,25,27)/t20-/m1/s1. The molecule has 1 aliphatic rings. The smallest absolute Gasteiger partial charge is 0.335 e. The highest BCUT2D eigenvalue weighted by molar-refractivity contribution is 6.12. The summed E-state index contributed by atoms with van der Waals surface area (Å²) in [5.74, 6) is -0.522. The lowest BCUT2D eigenvalue weighted by atomic mass is 10.0. The van der Waals surface area contributed by atoms with Crippen LogP contribution in [0.5, 0.6) is 11.5 Å². The van der Waals surface area contributed by atoms with Crippen LogP contribution in [-0.2, 0) is 9.59 Å². The SMILES string of the molecule is COc1ccc(NC(=O)C[C@@H]2C(=O)Oc3ccccc3N2C(=O)c2ccccc2)cc1. The minimum Gasteiger partial charge on any atom is -0.497 e. The van der Waals surface area contributed by atoms with E-state index in [2.05, 4.69) is 5.32 Å². The number of methoxy groups -OCH3 is 1. The molecular weight excluding hydrogens is 396 g/mol.